The van der Waals surface area contributed by atoms with E-state index in [9.17, 15) is 4.79 Å². The van der Waals surface area contributed by atoms with Gasteiger partial charge in [-0.1, -0.05) is 11.6 Å². The maximum Gasteiger partial charge on any atom is 0.251 e. The Bertz CT molecular complexity index is 472. The highest BCUT2D eigenvalue weighted by molar-refractivity contribution is 6.30. The fourth-order valence-electron chi connectivity index (χ4n) is 2.86. The van der Waals surface area contributed by atoms with Crippen molar-refractivity contribution in [1.29, 1.82) is 0 Å². The van der Waals surface area contributed by atoms with Crippen molar-refractivity contribution in [2.45, 2.75) is 37.5 Å². The summed E-state index contributed by atoms with van der Waals surface area (Å²) in [7, 11) is 0. The van der Waals surface area contributed by atoms with E-state index in [0.29, 0.717) is 23.8 Å². The van der Waals surface area contributed by atoms with Gasteiger partial charge in [0, 0.05) is 29.5 Å². The zero-order valence-electron chi connectivity index (χ0n) is 11.2. The maximum atomic E-state index is 12.1. The van der Waals surface area contributed by atoms with Gasteiger partial charge in [-0.25, -0.2) is 0 Å². The van der Waals surface area contributed by atoms with Gasteiger partial charge in [0.2, 0.25) is 0 Å². The largest absolute Gasteiger partial charge is 0.349 e. The Hall–Kier alpha value is -1.10. The number of rotatable bonds is 2. The lowest BCUT2D eigenvalue weighted by atomic mass is 9.90. The third kappa shape index (κ3) is 2.97. The average molecular weight is 296 g/mol. The quantitative estimate of drug-likeness (QED) is 0.912. The van der Waals surface area contributed by atoms with Crippen LogP contribution in [0.1, 0.15) is 36.0 Å². The molecular formula is C15H18ClNO3. The zero-order valence-corrected chi connectivity index (χ0v) is 12.0. The number of carbonyl (C=O) groups excluding carboxylic acids is 1. The van der Waals surface area contributed by atoms with Gasteiger partial charge in [0.05, 0.1) is 13.2 Å². The molecule has 1 aromatic rings. The van der Waals surface area contributed by atoms with Crippen LogP contribution < -0.4 is 5.32 Å². The number of benzene rings is 1. The molecule has 3 rings (SSSR count). The van der Waals surface area contributed by atoms with Gasteiger partial charge in [-0.15, -0.1) is 0 Å². The van der Waals surface area contributed by atoms with Crippen molar-refractivity contribution < 1.29 is 14.3 Å². The molecule has 4 nitrogen and oxygen atoms in total. The number of halogens is 1. The van der Waals surface area contributed by atoms with Crippen LogP contribution in [-0.4, -0.2) is 30.9 Å². The first-order valence-corrected chi connectivity index (χ1v) is 7.39. The summed E-state index contributed by atoms with van der Waals surface area (Å²) in [6.07, 6.45) is 3.47. The van der Waals surface area contributed by atoms with Gasteiger partial charge in [0.1, 0.15) is 0 Å². The van der Waals surface area contributed by atoms with Gasteiger partial charge in [-0.2, -0.15) is 0 Å². The highest BCUT2D eigenvalue weighted by atomic mass is 35.5. The molecule has 0 radical (unpaired) electrons. The SMILES string of the molecule is O=C(NC1CCC2(CC1)OCCO2)c1ccc(Cl)cc1. The van der Waals surface area contributed by atoms with Crippen molar-refractivity contribution in [2.75, 3.05) is 13.2 Å². The van der Waals surface area contributed by atoms with E-state index in [0.717, 1.165) is 25.7 Å². The lowest BCUT2D eigenvalue weighted by Crippen LogP contribution is -2.44. The minimum Gasteiger partial charge on any atom is -0.349 e. The Balaban J connectivity index is 1.54. The summed E-state index contributed by atoms with van der Waals surface area (Å²) >= 11 is 5.82. The molecule has 0 aromatic heterocycles. The Kier molecular flexibility index (Phi) is 3.96. The van der Waals surface area contributed by atoms with E-state index < -0.39 is 0 Å². The second-order valence-electron chi connectivity index (χ2n) is 5.36. The van der Waals surface area contributed by atoms with E-state index in [4.69, 9.17) is 21.1 Å². The molecule has 1 spiro atoms. The first kappa shape index (κ1) is 13.9. The summed E-state index contributed by atoms with van der Waals surface area (Å²) in [6.45, 7) is 1.36. The van der Waals surface area contributed by atoms with Crippen molar-refractivity contribution in [2.24, 2.45) is 0 Å². The molecule has 1 heterocycles. The smallest absolute Gasteiger partial charge is 0.251 e. The zero-order chi connectivity index (χ0) is 14.0. The van der Waals surface area contributed by atoms with Gasteiger partial charge < -0.3 is 14.8 Å². The molecule has 1 saturated carbocycles. The molecule has 5 heteroatoms. The van der Waals surface area contributed by atoms with E-state index in [1.165, 1.54) is 0 Å². The van der Waals surface area contributed by atoms with Crippen molar-refractivity contribution in [3.05, 3.63) is 34.9 Å². The van der Waals surface area contributed by atoms with E-state index in [1.807, 2.05) is 0 Å². The van der Waals surface area contributed by atoms with Crippen molar-refractivity contribution in [3.8, 4) is 0 Å². The third-order valence-electron chi connectivity index (χ3n) is 4.00. The minimum atomic E-state index is -0.374. The molecular weight excluding hydrogens is 278 g/mol. The van der Waals surface area contributed by atoms with Crippen LogP contribution in [0.15, 0.2) is 24.3 Å². The van der Waals surface area contributed by atoms with Gasteiger partial charge >= 0.3 is 0 Å². The summed E-state index contributed by atoms with van der Waals surface area (Å²) in [5.74, 6) is -0.419. The summed E-state index contributed by atoms with van der Waals surface area (Å²) in [5.41, 5.74) is 0.642. The van der Waals surface area contributed by atoms with E-state index >= 15 is 0 Å². The average Bonchev–Trinajstić information content (AvgIpc) is 2.91. The number of ether oxygens (including phenoxy) is 2. The van der Waals surface area contributed by atoms with Gasteiger partial charge in [-0.3, -0.25) is 4.79 Å². The Morgan fingerprint density at radius 3 is 2.35 bits per heavy atom. The standard InChI is InChI=1S/C15H18ClNO3/c16-12-3-1-11(2-4-12)14(18)17-13-5-7-15(8-6-13)19-9-10-20-15/h1-4,13H,5-10H2,(H,17,18). The number of amides is 1. The van der Waals surface area contributed by atoms with Crippen LogP contribution >= 0.6 is 11.6 Å². The molecule has 1 N–H and O–H groups in total. The highest BCUT2D eigenvalue weighted by Crippen LogP contribution is 2.35. The number of nitrogens with one attached hydrogen (secondary N) is 1. The van der Waals surface area contributed by atoms with Crippen LogP contribution in [0.3, 0.4) is 0 Å². The number of carbonyl (C=O) groups is 1. The minimum absolute atomic E-state index is 0.0455. The lowest BCUT2D eigenvalue weighted by molar-refractivity contribution is -0.179. The molecule has 1 aliphatic carbocycles. The summed E-state index contributed by atoms with van der Waals surface area (Å²) < 4.78 is 11.4. The second kappa shape index (κ2) is 5.72. The van der Waals surface area contributed by atoms with E-state index in [2.05, 4.69) is 5.32 Å². The molecule has 1 aromatic carbocycles. The Labute approximate surface area is 123 Å². The normalized spacial score (nSPS) is 22.1. The molecule has 20 heavy (non-hydrogen) atoms. The molecule has 108 valence electrons. The van der Waals surface area contributed by atoms with E-state index in [-0.39, 0.29) is 17.7 Å². The number of hydrogen-bond donors (Lipinski definition) is 1. The summed E-state index contributed by atoms with van der Waals surface area (Å²) in [5, 5.41) is 3.70. The first-order chi connectivity index (χ1) is 9.67. The van der Waals surface area contributed by atoms with E-state index in [1.54, 1.807) is 24.3 Å². The summed E-state index contributed by atoms with van der Waals surface area (Å²) in [4.78, 5) is 12.1. The molecule has 1 aliphatic heterocycles. The molecule has 2 fully saturated rings. The first-order valence-electron chi connectivity index (χ1n) is 7.01. The van der Waals surface area contributed by atoms with Crippen molar-refractivity contribution >= 4 is 17.5 Å². The topological polar surface area (TPSA) is 47.6 Å². The Morgan fingerprint density at radius 2 is 1.75 bits per heavy atom. The Morgan fingerprint density at radius 1 is 1.15 bits per heavy atom. The molecule has 0 unspecified atom stereocenters. The van der Waals surface area contributed by atoms with Crippen molar-refractivity contribution in [3.63, 3.8) is 0 Å². The predicted octanol–water partition coefficient (Wildman–Crippen LogP) is 2.76. The van der Waals surface area contributed by atoms with Crippen LogP contribution in [0, 0.1) is 0 Å². The second-order valence-corrected chi connectivity index (χ2v) is 5.80. The molecule has 1 amide bonds. The highest BCUT2D eigenvalue weighted by Gasteiger charge is 2.40. The van der Waals surface area contributed by atoms with Gasteiger partial charge in [0.15, 0.2) is 5.79 Å². The molecule has 0 bridgehead atoms. The van der Waals surface area contributed by atoms with Crippen molar-refractivity contribution in [1.82, 2.24) is 5.32 Å². The maximum absolute atomic E-state index is 12.1. The van der Waals surface area contributed by atoms with Gasteiger partial charge in [-0.05, 0) is 37.1 Å². The van der Waals surface area contributed by atoms with Crippen LogP contribution in [0.2, 0.25) is 5.02 Å². The van der Waals surface area contributed by atoms with Gasteiger partial charge in [0.25, 0.3) is 5.91 Å². The lowest BCUT2D eigenvalue weighted by Gasteiger charge is -2.35. The van der Waals surface area contributed by atoms with Crippen LogP contribution in [0.4, 0.5) is 0 Å². The number of hydrogen-bond acceptors (Lipinski definition) is 3. The molecule has 0 atom stereocenters. The third-order valence-corrected chi connectivity index (χ3v) is 4.25. The predicted molar refractivity (Wildman–Crippen MR) is 75.8 cm³/mol. The summed E-state index contributed by atoms with van der Waals surface area (Å²) in [6, 6.07) is 7.13. The molecule has 2 aliphatic rings. The van der Waals surface area contributed by atoms with Crippen LogP contribution in [0.5, 0.6) is 0 Å². The van der Waals surface area contributed by atoms with Crippen LogP contribution in [0.25, 0.3) is 0 Å². The van der Waals surface area contributed by atoms with Crippen LogP contribution in [-0.2, 0) is 9.47 Å². The fraction of sp³-hybridized carbons (Fsp3) is 0.533. The fourth-order valence-corrected chi connectivity index (χ4v) is 2.98. The molecule has 1 saturated heterocycles. The monoisotopic (exact) mass is 295 g/mol.